The van der Waals surface area contributed by atoms with Crippen LogP contribution in [0.15, 0.2) is 12.4 Å². The molecule has 1 amide bonds. The lowest BCUT2D eigenvalue weighted by Crippen LogP contribution is -2.42. The van der Waals surface area contributed by atoms with Crippen molar-refractivity contribution in [2.24, 2.45) is 0 Å². The largest absolute Gasteiger partial charge is 0.444 e. The number of likely N-dealkylation sites (tertiary alicyclic amines) is 1. The fourth-order valence-corrected chi connectivity index (χ4v) is 2.30. The standard InChI is InChI=1S/C14H23N3O3/c1-14(2,3)20-13(19)16-6-4-12(5-7-16)17-9-11(10-18)8-15-17/h8-9,12,18H,4-7,10H2,1-3H3. The minimum absolute atomic E-state index is 0.0107. The van der Waals surface area contributed by atoms with Gasteiger partial charge in [-0.15, -0.1) is 0 Å². The van der Waals surface area contributed by atoms with Crippen LogP contribution in [0.5, 0.6) is 0 Å². The van der Waals surface area contributed by atoms with Crippen LogP contribution in [0.3, 0.4) is 0 Å². The van der Waals surface area contributed by atoms with Gasteiger partial charge in [-0.05, 0) is 33.6 Å². The summed E-state index contributed by atoms with van der Waals surface area (Å²) in [4.78, 5) is 13.7. The third-order valence-corrected chi connectivity index (χ3v) is 3.33. The van der Waals surface area contributed by atoms with Crippen molar-refractivity contribution < 1.29 is 14.6 Å². The van der Waals surface area contributed by atoms with E-state index in [2.05, 4.69) is 5.10 Å². The molecular weight excluding hydrogens is 258 g/mol. The van der Waals surface area contributed by atoms with E-state index < -0.39 is 5.60 Å². The van der Waals surface area contributed by atoms with Crippen molar-refractivity contribution in [3.63, 3.8) is 0 Å². The molecule has 0 spiro atoms. The van der Waals surface area contributed by atoms with Gasteiger partial charge in [-0.2, -0.15) is 5.10 Å². The van der Waals surface area contributed by atoms with Gasteiger partial charge in [0.15, 0.2) is 0 Å². The number of carbonyl (C=O) groups is 1. The van der Waals surface area contributed by atoms with Gasteiger partial charge in [0.2, 0.25) is 0 Å². The van der Waals surface area contributed by atoms with Crippen LogP contribution in [-0.2, 0) is 11.3 Å². The molecule has 0 bridgehead atoms. The van der Waals surface area contributed by atoms with Crippen molar-refractivity contribution in [1.82, 2.24) is 14.7 Å². The van der Waals surface area contributed by atoms with E-state index in [0.717, 1.165) is 18.4 Å². The molecule has 1 fully saturated rings. The Kier molecular flexibility index (Phi) is 4.32. The number of ether oxygens (including phenoxy) is 1. The average molecular weight is 281 g/mol. The minimum Gasteiger partial charge on any atom is -0.444 e. The predicted molar refractivity (Wildman–Crippen MR) is 74.2 cm³/mol. The van der Waals surface area contributed by atoms with Gasteiger partial charge >= 0.3 is 6.09 Å². The zero-order chi connectivity index (χ0) is 14.8. The second-order valence-electron chi connectivity index (χ2n) is 6.19. The highest BCUT2D eigenvalue weighted by atomic mass is 16.6. The summed E-state index contributed by atoms with van der Waals surface area (Å²) in [7, 11) is 0. The first-order valence-corrected chi connectivity index (χ1v) is 7.01. The van der Waals surface area contributed by atoms with Gasteiger partial charge in [-0.3, -0.25) is 4.68 Å². The lowest BCUT2D eigenvalue weighted by molar-refractivity contribution is 0.0185. The Labute approximate surface area is 119 Å². The van der Waals surface area contributed by atoms with E-state index in [4.69, 9.17) is 9.84 Å². The van der Waals surface area contributed by atoms with Gasteiger partial charge in [0.1, 0.15) is 5.60 Å². The van der Waals surface area contributed by atoms with E-state index in [0.29, 0.717) is 13.1 Å². The maximum absolute atomic E-state index is 12.0. The summed E-state index contributed by atoms with van der Waals surface area (Å²) in [6, 6.07) is 0.286. The Bertz CT molecular complexity index is 456. The Morgan fingerprint density at radius 3 is 2.60 bits per heavy atom. The van der Waals surface area contributed by atoms with Crippen LogP contribution in [0.1, 0.15) is 45.2 Å². The number of aliphatic hydroxyl groups excluding tert-OH is 1. The number of piperidine rings is 1. The molecule has 0 radical (unpaired) electrons. The summed E-state index contributed by atoms with van der Waals surface area (Å²) in [5.41, 5.74) is 0.367. The monoisotopic (exact) mass is 281 g/mol. The molecule has 2 rings (SSSR count). The molecule has 1 aromatic rings. The molecule has 0 aliphatic carbocycles. The highest BCUT2D eigenvalue weighted by Crippen LogP contribution is 2.23. The molecule has 6 nitrogen and oxygen atoms in total. The molecule has 1 aliphatic heterocycles. The number of nitrogens with zero attached hydrogens (tertiary/aromatic N) is 3. The van der Waals surface area contributed by atoms with E-state index >= 15 is 0 Å². The first-order valence-electron chi connectivity index (χ1n) is 7.01. The Morgan fingerprint density at radius 1 is 1.45 bits per heavy atom. The van der Waals surface area contributed by atoms with Crippen molar-refractivity contribution in [1.29, 1.82) is 0 Å². The highest BCUT2D eigenvalue weighted by molar-refractivity contribution is 5.68. The van der Waals surface area contributed by atoms with Crippen LogP contribution < -0.4 is 0 Å². The summed E-state index contributed by atoms with van der Waals surface area (Å²) >= 11 is 0. The Hall–Kier alpha value is -1.56. The summed E-state index contributed by atoms with van der Waals surface area (Å²) < 4.78 is 7.26. The van der Waals surface area contributed by atoms with E-state index in [1.54, 1.807) is 11.1 Å². The van der Waals surface area contributed by atoms with Gasteiger partial charge in [0.05, 0.1) is 18.8 Å². The van der Waals surface area contributed by atoms with E-state index in [1.165, 1.54) is 0 Å². The number of aromatic nitrogens is 2. The number of hydrogen-bond donors (Lipinski definition) is 1. The van der Waals surface area contributed by atoms with Gasteiger partial charge in [0.25, 0.3) is 0 Å². The maximum atomic E-state index is 12.0. The molecule has 1 N–H and O–H groups in total. The Morgan fingerprint density at radius 2 is 2.10 bits per heavy atom. The fraction of sp³-hybridized carbons (Fsp3) is 0.714. The van der Waals surface area contributed by atoms with Crippen molar-refractivity contribution in [2.45, 2.75) is 51.9 Å². The number of carbonyl (C=O) groups excluding carboxylic acids is 1. The van der Waals surface area contributed by atoms with Gasteiger partial charge < -0.3 is 14.7 Å². The average Bonchev–Trinajstić information content (AvgIpc) is 2.85. The van der Waals surface area contributed by atoms with E-state index in [-0.39, 0.29) is 18.7 Å². The molecule has 20 heavy (non-hydrogen) atoms. The van der Waals surface area contributed by atoms with Crippen molar-refractivity contribution in [2.75, 3.05) is 13.1 Å². The maximum Gasteiger partial charge on any atom is 0.410 e. The van der Waals surface area contributed by atoms with Gasteiger partial charge in [-0.25, -0.2) is 4.79 Å². The van der Waals surface area contributed by atoms with Crippen LogP contribution in [0.2, 0.25) is 0 Å². The van der Waals surface area contributed by atoms with E-state index in [1.807, 2.05) is 31.6 Å². The lowest BCUT2D eigenvalue weighted by atomic mass is 10.1. The third-order valence-electron chi connectivity index (χ3n) is 3.33. The van der Waals surface area contributed by atoms with Gasteiger partial charge in [0, 0.05) is 24.8 Å². The molecule has 1 saturated heterocycles. The summed E-state index contributed by atoms with van der Waals surface area (Å²) in [5.74, 6) is 0. The first kappa shape index (κ1) is 14.8. The second kappa shape index (κ2) is 5.83. The number of hydrogen-bond acceptors (Lipinski definition) is 4. The van der Waals surface area contributed by atoms with E-state index in [9.17, 15) is 4.79 Å². The molecule has 112 valence electrons. The lowest BCUT2D eigenvalue weighted by Gasteiger charge is -2.33. The molecular formula is C14H23N3O3. The summed E-state index contributed by atoms with van der Waals surface area (Å²) in [5, 5.41) is 13.3. The van der Waals surface area contributed by atoms with Gasteiger partial charge in [-0.1, -0.05) is 0 Å². The predicted octanol–water partition coefficient (Wildman–Crippen LogP) is 1.95. The zero-order valence-corrected chi connectivity index (χ0v) is 12.4. The van der Waals surface area contributed by atoms with Crippen molar-refractivity contribution >= 4 is 6.09 Å². The molecule has 0 unspecified atom stereocenters. The fourth-order valence-electron chi connectivity index (χ4n) is 2.30. The van der Waals surface area contributed by atoms with Crippen LogP contribution >= 0.6 is 0 Å². The summed E-state index contributed by atoms with van der Waals surface area (Å²) in [6.07, 6.45) is 5.01. The van der Waals surface area contributed by atoms with Crippen molar-refractivity contribution in [3.8, 4) is 0 Å². The third kappa shape index (κ3) is 3.72. The normalized spacial score (nSPS) is 17.3. The Balaban J connectivity index is 1.87. The number of amides is 1. The molecule has 0 saturated carbocycles. The van der Waals surface area contributed by atoms with Crippen molar-refractivity contribution in [3.05, 3.63) is 18.0 Å². The number of rotatable bonds is 2. The second-order valence-corrected chi connectivity index (χ2v) is 6.19. The molecule has 1 aliphatic rings. The van der Waals surface area contributed by atoms with Crippen LogP contribution in [0.4, 0.5) is 4.79 Å². The minimum atomic E-state index is -0.452. The van der Waals surface area contributed by atoms with Crippen LogP contribution in [0.25, 0.3) is 0 Å². The number of aliphatic hydroxyl groups is 1. The molecule has 6 heteroatoms. The molecule has 2 heterocycles. The SMILES string of the molecule is CC(C)(C)OC(=O)N1CCC(n2cc(CO)cn2)CC1. The highest BCUT2D eigenvalue weighted by Gasteiger charge is 2.27. The topological polar surface area (TPSA) is 67.6 Å². The smallest absolute Gasteiger partial charge is 0.410 e. The van der Waals surface area contributed by atoms with Crippen LogP contribution in [-0.4, -0.2) is 44.6 Å². The molecule has 1 aromatic heterocycles. The van der Waals surface area contributed by atoms with Crippen LogP contribution in [0, 0.1) is 0 Å². The quantitative estimate of drug-likeness (QED) is 0.899. The zero-order valence-electron chi connectivity index (χ0n) is 12.4. The first-order chi connectivity index (χ1) is 9.39. The molecule has 0 atom stereocenters. The summed E-state index contributed by atoms with van der Waals surface area (Å²) in [6.45, 7) is 6.98. The molecule has 0 aromatic carbocycles.